The van der Waals surface area contributed by atoms with E-state index in [2.05, 4.69) is 54.1 Å². The quantitative estimate of drug-likeness (QED) is 0.0424. The molecule has 0 saturated heterocycles. The van der Waals surface area contributed by atoms with Gasteiger partial charge in [-0.05, 0) is 48.9 Å². The first-order chi connectivity index (χ1) is 35.7. The average molecular weight is 1060 g/mol. The highest BCUT2D eigenvalue weighted by molar-refractivity contribution is 7.99. The van der Waals surface area contributed by atoms with Crippen LogP contribution in [0.15, 0.2) is 48.5 Å². The normalized spacial score (nSPS) is 13.1. The minimum Gasteiger partial charge on any atom is -0.449 e. The molecule has 0 spiro atoms. The molecule has 73 heavy (non-hydrogen) atoms. The lowest BCUT2D eigenvalue weighted by molar-refractivity contribution is -0.123. The number of fused-ring (bicyclic) bond motifs is 3. The molecule has 2 aromatic carbocycles. The van der Waals surface area contributed by atoms with E-state index in [0.29, 0.717) is 65.0 Å². The molecule has 3 N–H and O–H groups in total. The highest BCUT2D eigenvalue weighted by Crippen LogP contribution is 2.47. The fourth-order valence-corrected chi connectivity index (χ4v) is 11.4. The van der Waals surface area contributed by atoms with Gasteiger partial charge < -0.3 is 48.7 Å². The SMILES string of the molecule is CCCCCCCCCCCCOC[C@H](CSC[C@H](NC(=O)OCC1c2ccccc2-c2ccccc21)C(=O)NCCOCCOCCOCCP(=O)(OCC)OCC)NC(=O)CCCCCCCCCCC. The zero-order valence-corrected chi connectivity index (χ0v) is 47.2. The van der Waals surface area contributed by atoms with Gasteiger partial charge in [0.05, 0.1) is 71.7 Å². The van der Waals surface area contributed by atoms with Gasteiger partial charge in [0.1, 0.15) is 12.6 Å². The molecule has 0 bridgehead atoms. The molecule has 3 amide bonds. The molecule has 16 heteroatoms. The number of thioether (sulfide) groups is 1. The van der Waals surface area contributed by atoms with Crippen molar-refractivity contribution in [1.29, 1.82) is 0 Å². The summed E-state index contributed by atoms with van der Waals surface area (Å²) in [4.78, 5) is 40.5. The second-order valence-electron chi connectivity index (χ2n) is 19.0. The molecule has 0 radical (unpaired) electrons. The molecular formula is C57H96N3O11PS. The van der Waals surface area contributed by atoms with Crippen molar-refractivity contribution in [3.63, 3.8) is 0 Å². The molecule has 14 nitrogen and oxygen atoms in total. The first-order valence-corrected chi connectivity index (χ1v) is 31.1. The molecular weight excluding hydrogens is 966 g/mol. The minimum absolute atomic E-state index is 0.0182. The molecule has 0 aromatic heterocycles. The number of carbonyl (C=O) groups is 3. The van der Waals surface area contributed by atoms with E-state index >= 15 is 0 Å². The first-order valence-electron chi connectivity index (χ1n) is 28.2. The zero-order valence-electron chi connectivity index (χ0n) is 45.4. The number of ether oxygens (including phenoxy) is 5. The van der Waals surface area contributed by atoms with Crippen LogP contribution in [-0.2, 0) is 46.9 Å². The van der Waals surface area contributed by atoms with E-state index in [1.165, 1.54) is 102 Å². The molecule has 3 rings (SSSR count). The van der Waals surface area contributed by atoms with E-state index in [0.717, 1.165) is 54.4 Å². The van der Waals surface area contributed by atoms with Crippen molar-refractivity contribution in [2.24, 2.45) is 0 Å². The molecule has 0 fully saturated rings. The van der Waals surface area contributed by atoms with Crippen molar-refractivity contribution >= 4 is 37.3 Å². The van der Waals surface area contributed by atoms with Crippen LogP contribution in [0, 0.1) is 0 Å². The Hall–Kier alpha value is -3.01. The van der Waals surface area contributed by atoms with Crippen LogP contribution in [0.4, 0.5) is 4.79 Å². The number of benzene rings is 2. The van der Waals surface area contributed by atoms with Crippen molar-refractivity contribution in [2.45, 2.75) is 174 Å². The summed E-state index contributed by atoms with van der Waals surface area (Å²) in [5.74, 6) is 0.294. The average Bonchev–Trinajstić information content (AvgIpc) is 3.71. The summed E-state index contributed by atoms with van der Waals surface area (Å²) in [6.45, 7) is 11.8. The van der Waals surface area contributed by atoms with E-state index in [1.807, 2.05) is 24.3 Å². The van der Waals surface area contributed by atoms with E-state index < -0.39 is 19.7 Å². The minimum atomic E-state index is -3.14. The summed E-state index contributed by atoms with van der Waals surface area (Å²) in [5, 5.41) is 9.00. The molecule has 1 aliphatic rings. The maximum Gasteiger partial charge on any atom is 0.407 e. The number of rotatable bonds is 48. The monoisotopic (exact) mass is 1060 g/mol. The number of hydrogen-bond acceptors (Lipinski definition) is 12. The smallest absolute Gasteiger partial charge is 0.407 e. The topological polar surface area (TPSA) is 169 Å². The summed E-state index contributed by atoms with van der Waals surface area (Å²) < 4.78 is 52.0. The van der Waals surface area contributed by atoms with Gasteiger partial charge in [-0.1, -0.05) is 172 Å². The Morgan fingerprint density at radius 3 is 1.64 bits per heavy atom. The Bertz CT molecular complexity index is 1740. The number of alkyl carbamates (subject to hydrolysis) is 1. The van der Waals surface area contributed by atoms with Gasteiger partial charge >= 0.3 is 13.7 Å². The molecule has 0 saturated carbocycles. The molecule has 0 aliphatic heterocycles. The van der Waals surface area contributed by atoms with Gasteiger partial charge in [0.15, 0.2) is 0 Å². The third-order valence-corrected chi connectivity index (χ3v) is 16.1. The van der Waals surface area contributed by atoms with Crippen LogP contribution in [0.1, 0.15) is 173 Å². The molecule has 2 atom stereocenters. The number of amides is 3. The maximum absolute atomic E-state index is 13.8. The predicted molar refractivity (Wildman–Crippen MR) is 297 cm³/mol. The molecule has 1 aliphatic carbocycles. The van der Waals surface area contributed by atoms with E-state index in [-0.39, 0.29) is 62.1 Å². The van der Waals surface area contributed by atoms with Gasteiger partial charge in [-0.25, -0.2) is 4.79 Å². The summed E-state index contributed by atoms with van der Waals surface area (Å²) in [6.07, 6.45) is 23.1. The third-order valence-electron chi connectivity index (χ3n) is 12.8. The van der Waals surface area contributed by atoms with Crippen LogP contribution in [-0.4, -0.2) is 127 Å². The van der Waals surface area contributed by atoms with Crippen LogP contribution >= 0.6 is 19.4 Å². The van der Waals surface area contributed by atoms with Gasteiger partial charge in [0, 0.05) is 37.0 Å². The van der Waals surface area contributed by atoms with Gasteiger partial charge in [-0.2, -0.15) is 11.8 Å². The van der Waals surface area contributed by atoms with Crippen molar-refractivity contribution in [3.8, 4) is 11.1 Å². The van der Waals surface area contributed by atoms with Crippen molar-refractivity contribution < 1.29 is 51.7 Å². The molecule has 416 valence electrons. The summed E-state index contributed by atoms with van der Waals surface area (Å²) in [5.41, 5.74) is 4.47. The van der Waals surface area contributed by atoms with Crippen LogP contribution in [0.3, 0.4) is 0 Å². The van der Waals surface area contributed by atoms with Crippen LogP contribution in [0.5, 0.6) is 0 Å². The fraction of sp³-hybridized carbons (Fsp3) is 0.737. The lowest BCUT2D eigenvalue weighted by Gasteiger charge is -2.22. The summed E-state index contributed by atoms with van der Waals surface area (Å²) >= 11 is 1.49. The van der Waals surface area contributed by atoms with Crippen LogP contribution in [0.25, 0.3) is 11.1 Å². The highest BCUT2D eigenvalue weighted by atomic mass is 32.2. The Kier molecular flexibility index (Phi) is 37.1. The van der Waals surface area contributed by atoms with E-state index in [1.54, 1.807) is 13.8 Å². The van der Waals surface area contributed by atoms with Crippen LogP contribution < -0.4 is 16.0 Å². The second kappa shape index (κ2) is 42.1. The Morgan fingerprint density at radius 1 is 0.575 bits per heavy atom. The molecule has 2 aromatic rings. The largest absolute Gasteiger partial charge is 0.449 e. The van der Waals surface area contributed by atoms with Gasteiger partial charge in [0.25, 0.3) is 0 Å². The maximum atomic E-state index is 13.8. The van der Waals surface area contributed by atoms with Crippen molar-refractivity contribution in [3.05, 3.63) is 59.7 Å². The number of hydrogen-bond donors (Lipinski definition) is 3. The van der Waals surface area contributed by atoms with Gasteiger partial charge in [-0.3, -0.25) is 14.2 Å². The van der Waals surface area contributed by atoms with Crippen LogP contribution in [0.2, 0.25) is 0 Å². The lowest BCUT2D eigenvalue weighted by atomic mass is 9.98. The molecule has 0 unspecified atom stereocenters. The van der Waals surface area contributed by atoms with E-state index in [4.69, 9.17) is 32.7 Å². The van der Waals surface area contributed by atoms with Crippen molar-refractivity contribution in [1.82, 2.24) is 16.0 Å². The molecule has 0 heterocycles. The summed E-state index contributed by atoms with van der Waals surface area (Å²) in [6, 6.07) is 15.2. The standard InChI is InChI=1S/C57H96N3O11PS/c1-5-9-11-13-15-17-19-21-23-29-36-68-44-48(59-55(61)34-24-22-20-18-16-14-12-10-6-2)46-73-47-54(60-57(63)69-45-53-51-32-27-25-30-49(51)50-31-26-28-33-52(50)53)56(62)58-35-37-65-38-39-66-40-41-67-42-43-72(64,70-7-3)71-8-4/h25-28,30-33,48,53-54H,5-24,29,34-47H2,1-4H3,(H,58,62)(H,59,61)(H,60,63)/t48-,54+/m1/s1. The number of carbonyl (C=O) groups excluding carboxylic acids is 3. The van der Waals surface area contributed by atoms with E-state index in [9.17, 15) is 18.9 Å². The number of unbranched alkanes of at least 4 members (excludes halogenated alkanes) is 17. The Labute approximate surface area is 444 Å². The predicted octanol–water partition coefficient (Wildman–Crippen LogP) is 12.4. The Balaban J connectivity index is 1.52. The fourth-order valence-electron chi connectivity index (χ4n) is 8.89. The first kappa shape index (κ1) is 64.3. The number of nitrogens with one attached hydrogen (secondary N) is 3. The second-order valence-corrected chi connectivity index (χ2v) is 22.2. The Morgan fingerprint density at radius 2 is 1.08 bits per heavy atom. The summed E-state index contributed by atoms with van der Waals surface area (Å²) in [7, 11) is -3.14. The third kappa shape index (κ3) is 29.2. The van der Waals surface area contributed by atoms with Gasteiger partial charge in [-0.15, -0.1) is 0 Å². The lowest BCUT2D eigenvalue weighted by Crippen LogP contribution is -2.49. The van der Waals surface area contributed by atoms with Gasteiger partial charge in [0.2, 0.25) is 11.8 Å². The highest BCUT2D eigenvalue weighted by Gasteiger charge is 2.30. The zero-order chi connectivity index (χ0) is 52.5. The van der Waals surface area contributed by atoms with Crippen molar-refractivity contribution in [2.75, 3.05) is 96.9 Å².